The molecule has 1 aliphatic rings. The molecule has 0 spiro atoms. The molecule has 0 unspecified atom stereocenters. The maximum absolute atomic E-state index is 12.8. The van der Waals surface area contributed by atoms with Gasteiger partial charge in [0.1, 0.15) is 15.8 Å². The van der Waals surface area contributed by atoms with Gasteiger partial charge in [0.15, 0.2) is 0 Å². The molecule has 0 aromatic heterocycles. The molecule has 2 rings (SSSR count). The second kappa shape index (κ2) is 7.40. The van der Waals surface area contributed by atoms with Crippen LogP contribution in [0.5, 0.6) is 0 Å². The Kier molecular flexibility index (Phi) is 5.87. The lowest BCUT2D eigenvalue weighted by Crippen LogP contribution is -2.44. The Balaban J connectivity index is 2.48. The van der Waals surface area contributed by atoms with E-state index in [9.17, 15) is 26.7 Å². The van der Waals surface area contributed by atoms with E-state index in [0.29, 0.717) is 13.1 Å². The first kappa shape index (κ1) is 19.8. The Morgan fingerprint density at radius 3 is 2.08 bits per heavy atom. The summed E-state index contributed by atoms with van der Waals surface area (Å²) < 4.78 is 54.2. The molecular formula is C15H22N2O6S2. The van der Waals surface area contributed by atoms with Crippen LogP contribution < -0.4 is 4.72 Å². The lowest BCUT2D eigenvalue weighted by Gasteiger charge is -2.21. The smallest absolute Gasteiger partial charge is 0.322 e. The van der Waals surface area contributed by atoms with Crippen molar-refractivity contribution in [3.05, 3.63) is 24.3 Å². The summed E-state index contributed by atoms with van der Waals surface area (Å²) in [7, 11) is -8.29. The molecule has 1 heterocycles. The molecule has 25 heavy (non-hydrogen) atoms. The van der Waals surface area contributed by atoms with Crippen molar-refractivity contribution in [1.29, 1.82) is 0 Å². The molecule has 0 amide bonds. The molecule has 0 saturated carbocycles. The van der Waals surface area contributed by atoms with Gasteiger partial charge in [0.05, 0.1) is 0 Å². The Morgan fingerprint density at radius 1 is 1.08 bits per heavy atom. The number of rotatable bonds is 7. The maximum atomic E-state index is 12.8. The van der Waals surface area contributed by atoms with E-state index in [1.165, 1.54) is 28.6 Å². The first-order valence-corrected chi connectivity index (χ1v) is 10.8. The van der Waals surface area contributed by atoms with Gasteiger partial charge in [0.25, 0.3) is 0 Å². The van der Waals surface area contributed by atoms with Crippen LogP contribution in [0, 0.1) is 5.92 Å². The molecule has 0 bridgehead atoms. The van der Waals surface area contributed by atoms with Gasteiger partial charge >= 0.3 is 5.97 Å². The topological polar surface area (TPSA) is 121 Å². The van der Waals surface area contributed by atoms with Crippen LogP contribution in [0.4, 0.5) is 0 Å². The predicted molar refractivity (Wildman–Crippen MR) is 91.0 cm³/mol. The largest absolute Gasteiger partial charge is 0.480 e. The van der Waals surface area contributed by atoms with E-state index in [2.05, 4.69) is 4.72 Å². The van der Waals surface area contributed by atoms with Crippen LogP contribution >= 0.6 is 0 Å². The number of benzene rings is 1. The van der Waals surface area contributed by atoms with Crippen LogP contribution in [0.15, 0.2) is 34.1 Å². The first-order chi connectivity index (χ1) is 11.6. The molecule has 1 saturated heterocycles. The Morgan fingerprint density at radius 2 is 1.60 bits per heavy atom. The lowest BCUT2D eigenvalue weighted by atomic mass is 10.1. The fourth-order valence-electron chi connectivity index (χ4n) is 2.66. The molecule has 1 atom stereocenters. The van der Waals surface area contributed by atoms with Crippen molar-refractivity contribution < 1.29 is 26.7 Å². The normalized spacial score (nSPS) is 17.7. The molecule has 2 N–H and O–H groups in total. The monoisotopic (exact) mass is 390 g/mol. The second-order valence-electron chi connectivity index (χ2n) is 6.24. The molecule has 140 valence electrons. The third kappa shape index (κ3) is 4.20. The van der Waals surface area contributed by atoms with Gasteiger partial charge in [-0.1, -0.05) is 26.0 Å². The predicted octanol–water partition coefficient (Wildman–Crippen LogP) is 0.859. The average molecular weight is 390 g/mol. The molecule has 0 aliphatic carbocycles. The molecular weight excluding hydrogens is 368 g/mol. The van der Waals surface area contributed by atoms with Gasteiger partial charge in [-0.2, -0.15) is 9.03 Å². The van der Waals surface area contributed by atoms with Crippen molar-refractivity contribution >= 4 is 26.0 Å². The first-order valence-electron chi connectivity index (χ1n) is 7.91. The number of nitrogens with one attached hydrogen (secondary N) is 1. The van der Waals surface area contributed by atoms with Crippen LogP contribution in [-0.2, 0) is 24.8 Å². The lowest BCUT2D eigenvalue weighted by molar-refractivity contribution is -0.140. The summed E-state index contributed by atoms with van der Waals surface area (Å²) in [4.78, 5) is 10.5. The van der Waals surface area contributed by atoms with E-state index in [0.717, 1.165) is 12.8 Å². The highest BCUT2D eigenvalue weighted by Gasteiger charge is 2.35. The number of carbonyl (C=O) groups is 1. The second-order valence-corrected chi connectivity index (χ2v) is 9.83. The van der Waals surface area contributed by atoms with Crippen LogP contribution in [0.3, 0.4) is 0 Å². The highest BCUT2D eigenvalue weighted by atomic mass is 32.2. The van der Waals surface area contributed by atoms with E-state index < -0.39 is 42.9 Å². The zero-order valence-corrected chi connectivity index (χ0v) is 15.7. The number of carboxylic acid groups (broad SMARTS) is 1. The maximum Gasteiger partial charge on any atom is 0.322 e. The van der Waals surface area contributed by atoms with E-state index in [1.807, 2.05) is 0 Å². The van der Waals surface area contributed by atoms with Gasteiger partial charge in [-0.25, -0.2) is 16.8 Å². The molecule has 8 nitrogen and oxygen atoms in total. The fourth-order valence-corrected chi connectivity index (χ4v) is 6.31. The van der Waals surface area contributed by atoms with Crippen molar-refractivity contribution in [2.24, 2.45) is 5.92 Å². The zero-order valence-electron chi connectivity index (χ0n) is 14.0. The quantitative estimate of drug-likeness (QED) is 0.712. The number of hydrogen-bond acceptors (Lipinski definition) is 5. The highest BCUT2D eigenvalue weighted by molar-refractivity contribution is 7.92. The highest BCUT2D eigenvalue weighted by Crippen LogP contribution is 2.27. The average Bonchev–Trinajstić information content (AvgIpc) is 3.07. The number of sulfonamides is 2. The van der Waals surface area contributed by atoms with Gasteiger partial charge in [0, 0.05) is 13.1 Å². The van der Waals surface area contributed by atoms with Gasteiger partial charge in [0.2, 0.25) is 20.0 Å². The van der Waals surface area contributed by atoms with E-state index in [4.69, 9.17) is 0 Å². The molecule has 0 radical (unpaired) electrons. The van der Waals surface area contributed by atoms with Gasteiger partial charge in [-0.15, -0.1) is 0 Å². The summed E-state index contributed by atoms with van der Waals surface area (Å²) in [6, 6.07) is 3.90. The van der Waals surface area contributed by atoms with Crippen LogP contribution in [-0.4, -0.2) is 51.3 Å². The summed E-state index contributed by atoms with van der Waals surface area (Å²) >= 11 is 0. The fraction of sp³-hybridized carbons (Fsp3) is 0.533. The van der Waals surface area contributed by atoms with Crippen molar-refractivity contribution in [2.45, 2.75) is 42.5 Å². The Bertz CT molecular complexity index is 843. The van der Waals surface area contributed by atoms with E-state index in [-0.39, 0.29) is 4.90 Å². The van der Waals surface area contributed by atoms with E-state index in [1.54, 1.807) is 13.8 Å². The SMILES string of the molecule is CC(C)[C@@H](NS(=O)(=O)c1ccccc1S(=O)(=O)N1CCCC1)C(=O)O. The van der Waals surface area contributed by atoms with Crippen molar-refractivity contribution in [3.8, 4) is 0 Å². The summed E-state index contributed by atoms with van der Waals surface area (Å²) in [5.41, 5.74) is 0. The van der Waals surface area contributed by atoms with Crippen molar-refractivity contribution in [3.63, 3.8) is 0 Å². The summed E-state index contributed by atoms with van der Waals surface area (Å²) in [6.07, 6.45) is 1.45. The molecule has 1 aromatic carbocycles. The van der Waals surface area contributed by atoms with Crippen LogP contribution in [0.2, 0.25) is 0 Å². The van der Waals surface area contributed by atoms with Gasteiger partial charge in [-0.05, 0) is 30.9 Å². The minimum atomic E-state index is -4.33. The Hall–Kier alpha value is -1.49. The number of hydrogen-bond donors (Lipinski definition) is 2. The third-order valence-corrected chi connectivity index (χ3v) is 7.62. The Labute approximate surface area is 147 Å². The molecule has 1 aliphatic heterocycles. The minimum absolute atomic E-state index is 0.336. The minimum Gasteiger partial charge on any atom is -0.480 e. The number of aliphatic carboxylic acids is 1. The molecule has 1 aromatic rings. The van der Waals surface area contributed by atoms with Gasteiger partial charge in [-0.3, -0.25) is 4.79 Å². The van der Waals surface area contributed by atoms with Gasteiger partial charge < -0.3 is 5.11 Å². The van der Waals surface area contributed by atoms with Crippen molar-refractivity contribution in [1.82, 2.24) is 9.03 Å². The summed E-state index contributed by atoms with van der Waals surface area (Å²) in [5, 5.41) is 9.20. The summed E-state index contributed by atoms with van der Waals surface area (Å²) in [6.45, 7) is 3.81. The zero-order chi connectivity index (χ0) is 18.8. The standard InChI is InChI=1S/C15H22N2O6S2/c1-11(2)14(15(18)19)16-24(20,21)12-7-3-4-8-13(12)25(22,23)17-9-5-6-10-17/h3-4,7-8,11,14,16H,5-6,9-10H2,1-2H3,(H,18,19)/t14-/m1/s1. The molecule has 1 fully saturated rings. The number of nitrogens with zero attached hydrogens (tertiary/aromatic N) is 1. The molecule has 10 heteroatoms. The third-order valence-electron chi connectivity index (χ3n) is 4.04. The van der Waals surface area contributed by atoms with Crippen LogP contribution in [0.25, 0.3) is 0 Å². The van der Waals surface area contributed by atoms with Crippen molar-refractivity contribution in [2.75, 3.05) is 13.1 Å². The van der Waals surface area contributed by atoms with Crippen LogP contribution in [0.1, 0.15) is 26.7 Å². The van der Waals surface area contributed by atoms with E-state index >= 15 is 0 Å². The summed E-state index contributed by atoms with van der Waals surface area (Å²) in [5.74, 6) is -1.83. The number of carboxylic acids is 1.